The van der Waals surface area contributed by atoms with Gasteiger partial charge in [-0.2, -0.15) is 0 Å². The number of aliphatic hydroxyl groups excluding tert-OH is 1. The Kier molecular flexibility index (Phi) is 4.22. The largest absolute Gasteiger partial charge is 0.392 e. The predicted octanol–water partition coefficient (Wildman–Crippen LogP) is 2.17. The van der Waals surface area contributed by atoms with Crippen molar-refractivity contribution >= 4 is 27.4 Å². The number of aromatic nitrogens is 1. The van der Waals surface area contributed by atoms with Crippen molar-refractivity contribution in [2.75, 3.05) is 4.72 Å². The number of aliphatic hydroxyl groups is 1. The molecule has 0 aliphatic heterocycles. The van der Waals surface area contributed by atoms with Crippen LogP contribution >= 0.6 is 11.6 Å². The van der Waals surface area contributed by atoms with Gasteiger partial charge in [-0.05, 0) is 24.3 Å². The summed E-state index contributed by atoms with van der Waals surface area (Å²) in [6, 6.07) is 6.75. The highest BCUT2D eigenvalue weighted by atomic mass is 35.5. The third kappa shape index (κ3) is 3.06. The van der Waals surface area contributed by atoms with E-state index in [2.05, 4.69) is 9.71 Å². The van der Waals surface area contributed by atoms with E-state index in [1.807, 2.05) is 0 Å². The molecular formula is C12H10ClFN2O3S. The van der Waals surface area contributed by atoms with Crippen molar-refractivity contribution < 1.29 is 17.9 Å². The molecule has 0 bridgehead atoms. The van der Waals surface area contributed by atoms with Gasteiger partial charge in [0.1, 0.15) is 16.5 Å². The molecule has 0 atom stereocenters. The van der Waals surface area contributed by atoms with Crippen LogP contribution in [0.2, 0.25) is 5.02 Å². The zero-order chi connectivity index (χ0) is 14.8. The lowest BCUT2D eigenvalue weighted by molar-refractivity contribution is 0.274. The van der Waals surface area contributed by atoms with Crippen molar-refractivity contribution in [3.8, 4) is 0 Å². The highest BCUT2D eigenvalue weighted by Gasteiger charge is 2.22. The highest BCUT2D eigenvalue weighted by Crippen LogP contribution is 2.25. The maximum Gasteiger partial charge on any atom is 0.266 e. The van der Waals surface area contributed by atoms with Gasteiger partial charge in [-0.15, -0.1) is 0 Å². The van der Waals surface area contributed by atoms with Crippen LogP contribution in [0, 0.1) is 5.82 Å². The van der Waals surface area contributed by atoms with E-state index in [1.165, 1.54) is 12.3 Å². The number of nitrogens with one attached hydrogen (secondary N) is 1. The molecule has 0 amide bonds. The summed E-state index contributed by atoms with van der Waals surface area (Å²) in [4.78, 5) is 3.15. The molecule has 1 heterocycles. The molecule has 0 unspecified atom stereocenters. The van der Waals surface area contributed by atoms with Crippen LogP contribution in [-0.4, -0.2) is 18.5 Å². The Morgan fingerprint density at radius 3 is 2.70 bits per heavy atom. The van der Waals surface area contributed by atoms with Crippen LogP contribution in [0.5, 0.6) is 0 Å². The van der Waals surface area contributed by atoms with Crippen molar-refractivity contribution in [3.63, 3.8) is 0 Å². The lowest BCUT2D eigenvalue weighted by Crippen LogP contribution is -2.16. The Morgan fingerprint density at radius 1 is 1.35 bits per heavy atom. The summed E-state index contributed by atoms with van der Waals surface area (Å²) >= 11 is 5.72. The normalized spacial score (nSPS) is 11.3. The van der Waals surface area contributed by atoms with Crippen molar-refractivity contribution in [1.82, 2.24) is 4.98 Å². The van der Waals surface area contributed by atoms with Crippen molar-refractivity contribution in [2.24, 2.45) is 0 Å². The molecule has 0 spiro atoms. The molecule has 0 saturated carbocycles. The van der Waals surface area contributed by atoms with Crippen molar-refractivity contribution in [1.29, 1.82) is 0 Å². The maximum atomic E-state index is 14.0. The number of hydrogen-bond acceptors (Lipinski definition) is 4. The first-order chi connectivity index (χ1) is 9.44. The Balaban J connectivity index is 2.47. The van der Waals surface area contributed by atoms with Crippen LogP contribution in [-0.2, 0) is 16.6 Å². The summed E-state index contributed by atoms with van der Waals surface area (Å²) in [5.74, 6) is -0.988. The van der Waals surface area contributed by atoms with Crippen LogP contribution in [0.25, 0.3) is 0 Å². The van der Waals surface area contributed by atoms with Gasteiger partial charge in [-0.3, -0.25) is 4.72 Å². The fraction of sp³-hybridized carbons (Fsp3) is 0.0833. The number of anilines is 1. The summed E-state index contributed by atoms with van der Waals surface area (Å²) in [5, 5.41) is 9.01. The predicted molar refractivity (Wildman–Crippen MR) is 72.4 cm³/mol. The van der Waals surface area contributed by atoms with Gasteiger partial charge in [0.05, 0.1) is 6.61 Å². The van der Waals surface area contributed by atoms with Gasteiger partial charge >= 0.3 is 0 Å². The van der Waals surface area contributed by atoms with E-state index >= 15 is 0 Å². The highest BCUT2D eigenvalue weighted by molar-refractivity contribution is 7.92. The number of hydrogen-bond donors (Lipinski definition) is 2. The third-order valence-electron chi connectivity index (χ3n) is 2.44. The zero-order valence-corrected chi connectivity index (χ0v) is 11.6. The molecule has 2 rings (SSSR count). The SMILES string of the molecule is O=S(=O)(Nc1ccccn1)c1cc(Cl)cc(CO)c1F. The van der Waals surface area contributed by atoms with Gasteiger partial charge in [-0.25, -0.2) is 17.8 Å². The number of nitrogens with zero attached hydrogens (tertiary/aromatic N) is 1. The molecular weight excluding hydrogens is 307 g/mol. The van der Waals surface area contributed by atoms with Crippen LogP contribution in [0.1, 0.15) is 5.56 Å². The molecule has 2 aromatic rings. The van der Waals surface area contributed by atoms with E-state index in [0.717, 1.165) is 12.1 Å². The van der Waals surface area contributed by atoms with Crippen LogP contribution < -0.4 is 4.72 Å². The summed E-state index contributed by atoms with van der Waals surface area (Å²) < 4.78 is 40.4. The van der Waals surface area contributed by atoms with Gasteiger partial charge in [0.2, 0.25) is 0 Å². The Hall–Kier alpha value is -1.70. The van der Waals surface area contributed by atoms with Crippen molar-refractivity contribution in [2.45, 2.75) is 11.5 Å². The van der Waals surface area contributed by atoms with Crippen LogP contribution in [0.3, 0.4) is 0 Å². The molecule has 1 aromatic heterocycles. The Morgan fingerprint density at radius 2 is 2.10 bits per heavy atom. The second-order valence-corrected chi connectivity index (χ2v) is 5.94. The first-order valence-corrected chi connectivity index (χ1v) is 7.33. The van der Waals surface area contributed by atoms with Gasteiger partial charge in [0.15, 0.2) is 0 Å². The van der Waals surface area contributed by atoms with E-state index in [1.54, 1.807) is 12.1 Å². The van der Waals surface area contributed by atoms with Gasteiger partial charge in [0.25, 0.3) is 10.0 Å². The minimum Gasteiger partial charge on any atom is -0.392 e. The molecule has 0 aliphatic carbocycles. The van der Waals surface area contributed by atoms with E-state index < -0.39 is 27.3 Å². The van der Waals surface area contributed by atoms with Gasteiger partial charge in [-0.1, -0.05) is 17.7 Å². The molecule has 1 aromatic carbocycles. The number of benzene rings is 1. The van der Waals surface area contributed by atoms with E-state index in [0.29, 0.717) is 0 Å². The first kappa shape index (κ1) is 14.7. The van der Waals surface area contributed by atoms with Crippen LogP contribution in [0.4, 0.5) is 10.2 Å². The van der Waals surface area contributed by atoms with E-state index in [9.17, 15) is 12.8 Å². The topological polar surface area (TPSA) is 79.3 Å². The van der Waals surface area contributed by atoms with E-state index in [-0.39, 0.29) is 16.4 Å². The summed E-state index contributed by atoms with van der Waals surface area (Å²) in [6.45, 7) is -0.654. The van der Waals surface area contributed by atoms with Gasteiger partial charge < -0.3 is 5.11 Å². The van der Waals surface area contributed by atoms with Gasteiger partial charge in [0, 0.05) is 16.8 Å². The zero-order valence-electron chi connectivity index (χ0n) is 10.0. The lowest BCUT2D eigenvalue weighted by Gasteiger charge is -2.10. The first-order valence-electron chi connectivity index (χ1n) is 5.46. The standard InChI is InChI=1S/C12H10ClFN2O3S/c13-9-5-8(7-17)12(14)10(6-9)20(18,19)16-11-3-1-2-4-15-11/h1-6,17H,7H2,(H,15,16). The molecule has 0 fully saturated rings. The van der Waals surface area contributed by atoms with Crippen LogP contribution in [0.15, 0.2) is 41.4 Å². The summed E-state index contributed by atoms with van der Waals surface area (Å²) in [7, 11) is -4.18. The minimum absolute atomic E-state index is 0.0110. The number of halogens is 2. The average molecular weight is 317 g/mol. The molecule has 2 N–H and O–H groups in total. The quantitative estimate of drug-likeness (QED) is 0.906. The third-order valence-corrected chi connectivity index (χ3v) is 4.02. The lowest BCUT2D eigenvalue weighted by atomic mass is 10.2. The minimum atomic E-state index is -4.18. The summed E-state index contributed by atoms with van der Waals surface area (Å²) in [5.41, 5.74) is -0.195. The molecule has 20 heavy (non-hydrogen) atoms. The molecule has 5 nitrogen and oxygen atoms in total. The fourth-order valence-corrected chi connectivity index (χ4v) is 3.01. The van der Waals surface area contributed by atoms with Crippen molar-refractivity contribution in [3.05, 3.63) is 52.9 Å². The van der Waals surface area contributed by atoms with E-state index in [4.69, 9.17) is 16.7 Å². The molecule has 0 radical (unpaired) electrons. The molecule has 0 saturated heterocycles. The fourth-order valence-electron chi connectivity index (χ4n) is 1.54. The maximum absolute atomic E-state index is 14.0. The number of sulfonamides is 1. The number of rotatable bonds is 4. The Bertz CT molecular complexity index is 723. The molecule has 8 heteroatoms. The smallest absolute Gasteiger partial charge is 0.266 e. The Labute approximate surface area is 120 Å². The average Bonchev–Trinajstić information content (AvgIpc) is 2.41. The second-order valence-electron chi connectivity index (χ2n) is 3.86. The molecule has 0 aliphatic rings. The summed E-state index contributed by atoms with van der Waals surface area (Å²) in [6.07, 6.45) is 1.39. The molecule has 106 valence electrons. The number of pyridine rings is 1. The monoisotopic (exact) mass is 316 g/mol. The second kappa shape index (κ2) is 5.74.